The largest absolute Gasteiger partial charge is 0.355 e. The highest BCUT2D eigenvalue weighted by Gasteiger charge is 2.46. The fourth-order valence-corrected chi connectivity index (χ4v) is 7.15. The number of pyridine rings is 1. The summed E-state index contributed by atoms with van der Waals surface area (Å²) in [7, 11) is 0. The molecule has 2 heteroatoms. The number of hydrogen-bond donors (Lipinski definition) is 1. The van der Waals surface area contributed by atoms with Crippen LogP contribution in [0.25, 0.3) is 39.7 Å². The molecule has 0 unspecified atom stereocenters. The second kappa shape index (κ2) is 11.5. The molecule has 218 valence electrons. The molecule has 0 fully saturated rings. The molecular formula is C44H32N2. The van der Waals surface area contributed by atoms with Crippen LogP contribution in [0.1, 0.15) is 27.8 Å². The highest BCUT2D eigenvalue weighted by Crippen LogP contribution is 2.58. The van der Waals surface area contributed by atoms with Gasteiger partial charge in [-0.2, -0.15) is 0 Å². The van der Waals surface area contributed by atoms with Gasteiger partial charge in [-0.05, 0) is 51.6 Å². The van der Waals surface area contributed by atoms with Crippen LogP contribution in [0, 0.1) is 0 Å². The molecule has 1 aliphatic rings. The maximum Gasteiger partial charge on any atom is 0.0730 e. The van der Waals surface area contributed by atoms with Crippen LogP contribution in [0.5, 0.6) is 0 Å². The maximum atomic E-state index is 5.07. The third-order valence-electron chi connectivity index (χ3n) is 9.11. The quantitative estimate of drug-likeness (QED) is 0.200. The van der Waals surface area contributed by atoms with Crippen molar-refractivity contribution in [3.63, 3.8) is 0 Å². The van der Waals surface area contributed by atoms with E-state index in [2.05, 4.69) is 170 Å². The van der Waals surface area contributed by atoms with E-state index in [1.165, 1.54) is 33.4 Å². The van der Waals surface area contributed by atoms with Gasteiger partial charge in [0.05, 0.1) is 16.8 Å². The van der Waals surface area contributed by atoms with E-state index in [-0.39, 0.29) is 0 Å². The summed E-state index contributed by atoms with van der Waals surface area (Å²) in [6.45, 7) is 4.35. The summed E-state index contributed by atoms with van der Waals surface area (Å²) >= 11 is 0. The van der Waals surface area contributed by atoms with Gasteiger partial charge in [-0.3, -0.25) is 0 Å². The third kappa shape index (κ3) is 4.46. The monoisotopic (exact) mass is 588 g/mol. The molecule has 1 N–H and O–H groups in total. The molecule has 0 spiro atoms. The summed E-state index contributed by atoms with van der Waals surface area (Å²) in [6.07, 6.45) is 2.00. The normalized spacial score (nSPS) is 12.6. The van der Waals surface area contributed by atoms with Gasteiger partial charge in [0, 0.05) is 28.1 Å². The lowest BCUT2D eigenvalue weighted by Crippen LogP contribution is -2.28. The molecular weight excluding hydrogens is 556 g/mol. The second-order valence-electron chi connectivity index (χ2n) is 11.7. The van der Waals surface area contributed by atoms with Crippen molar-refractivity contribution in [1.82, 2.24) is 4.98 Å². The van der Waals surface area contributed by atoms with E-state index in [4.69, 9.17) is 4.98 Å². The van der Waals surface area contributed by atoms with Crippen LogP contribution in [0.15, 0.2) is 176 Å². The van der Waals surface area contributed by atoms with Gasteiger partial charge >= 0.3 is 0 Å². The molecule has 0 aliphatic heterocycles. The first-order valence-electron chi connectivity index (χ1n) is 15.7. The number of rotatable bonds is 7. The first-order valence-corrected chi connectivity index (χ1v) is 15.7. The standard InChI is InChI=1S/C44H32N2/c1-2-36-40(45-35-29-41(31-17-7-3-8-18-31)46-42(30-35)32-19-9-4-10-20-32)28-27-39-43(36)37-25-15-16-26-38(37)44(39,33-21-11-5-12-22-33)34-23-13-6-14-24-34/h2-30H,1H2,(H,45,46). The molecule has 0 radical (unpaired) electrons. The van der Waals surface area contributed by atoms with Gasteiger partial charge in [0.1, 0.15) is 0 Å². The van der Waals surface area contributed by atoms with Crippen LogP contribution in [0.3, 0.4) is 0 Å². The highest BCUT2D eigenvalue weighted by atomic mass is 14.9. The van der Waals surface area contributed by atoms with E-state index in [1.807, 2.05) is 18.2 Å². The first kappa shape index (κ1) is 27.6. The number of anilines is 2. The molecule has 2 nitrogen and oxygen atoms in total. The van der Waals surface area contributed by atoms with E-state index >= 15 is 0 Å². The minimum absolute atomic E-state index is 0.456. The van der Waals surface area contributed by atoms with E-state index < -0.39 is 5.41 Å². The number of benzene rings is 6. The zero-order chi connectivity index (χ0) is 30.9. The number of nitrogens with zero attached hydrogens (tertiary/aromatic N) is 1. The summed E-state index contributed by atoms with van der Waals surface area (Å²) in [5, 5.41) is 3.80. The van der Waals surface area contributed by atoms with Crippen molar-refractivity contribution in [2.24, 2.45) is 0 Å². The predicted octanol–water partition coefficient (Wildman–Crippen LogP) is 11.2. The Hall–Kier alpha value is -5.99. The summed E-state index contributed by atoms with van der Waals surface area (Å²) in [5.41, 5.74) is 14.1. The molecule has 1 heterocycles. The summed E-state index contributed by atoms with van der Waals surface area (Å²) in [5.74, 6) is 0. The molecule has 1 aliphatic carbocycles. The fraction of sp³-hybridized carbons (Fsp3) is 0.0227. The molecule has 0 bridgehead atoms. The minimum atomic E-state index is -0.456. The van der Waals surface area contributed by atoms with Gasteiger partial charge in [0.25, 0.3) is 0 Å². The fourth-order valence-electron chi connectivity index (χ4n) is 7.15. The Bertz CT molecular complexity index is 2070. The van der Waals surface area contributed by atoms with Crippen molar-refractivity contribution in [2.45, 2.75) is 5.41 Å². The van der Waals surface area contributed by atoms with Crippen LogP contribution in [-0.2, 0) is 5.41 Å². The molecule has 0 saturated heterocycles. The van der Waals surface area contributed by atoms with Crippen LogP contribution < -0.4 is 5.32 Å². The van der Waals surface area contributed by atoms with E-state index in [0.29, 0.717) is 0 Å². The lowest BCUT2D eigenvalue weighted by atomic mass is 9.67. The smallest absolute Gasteiger partial charge is 0.0730 e. The average Bonchev–Trinajstić information content (AvgIpc) is 3.44. The number of aromatic nitrogens is 1. The Kier molecular flexibility index (Phi) is 6.89. The van der Waals surface area contributed by atoms with Gasteiger partial charge in [-0.1, -0.05) is 164 Å². The van der Waals surface area contributed by atoms with Crippen molar-refractivity contribution in [1.29, 1.82) is 0 Å². The predicted molar refractivity (Wildman–Crippen MR) is 192 cm³/mol. The highest BCUT2D eigenvalue weighted by molar-refractivity contribution is 5.95. The van der Waals surface area contributed by atoms with E-state index in [1.54, 1.807) is 0 Å². The van der Waals surface area contributed by atoms with Crippen molar-refractivity contribution in [3.8, 4) is 33.6 Å². The lowest BCUT2D eigenvalue weighted by molar-refractivity contribution is 0.768. The van der Waals surface area contributed by atoms with Crippen molar-refractivity contribution >= 4 is 17.5 Å². The third-order valence-corrected chi connectivity index (χ3v) is 9.11. The molecule has 1 aromatic heterocycles. The summed E-state index contributed by atoms with van der Waals surface area (Å²) in [6, 6.07) is 60.1. The molecule has 46 heavy (non-hydrogen) atoms. The number of fused-ring (bicyclic) bond motifs is 3. The summed E-state index contributed by atoms with van der Waals surface area (Å²) < 4.78 is 0. The Morgan fingerprint density at radius 1 is 0.522 bits per heavy atom. The topological polar surface area (TPSA) is 24.9 Å². The molecule has 0 atom stereocenters. The average molecular weight is 589 g/mol. The maximum absolute atomic E-state index is 5.07. The first-order chi connectivity index (χ1) is 22.8. The van der Waals surface area contributed by atoms with Gasteiger partial charge in [-0.15, -0.1) is 0 Å². The van der Waals surface area contributed by atoms with E-state index in [9.17, 15) is 0 Å². The number of nitrogens with one attached hydrogen (secondary N) is 1. The Labute approximate surface area is 270 Å². The van der Waals surface area contributed by atoms with Gasteiger partial charge in [-0.25, -0.2) is 4.98 Å². The Morgan fingerprint density at radius 3 is 1.57 bits per heavy atom. The van der Waals surface area contributed by atoms with Crippen LogP contribution in [-0.4, -0.2) is 4.98 Å². The SMILES string of the molecule is C=Cc1c(Nc2cc(-c3ccccc3)nc(-c3ccccc3)c2)ccc2c1-c1ccccc1C2(c1ccccc1)c1ccccc1. The second-order valence-corrected chi connectivity index (χ2v) is 11.7. The molecule has 0 amide bonds. The number of hydrogen-bond acceptors (Lipinski definition) is 2. The van der Waals surface area contributed by atoms with Crippen LogP contribution in [0.4, 0.5) is 11.4 Å². The van der Waals surface area contributed by atoms with Crippen LogP contribution >= 0.6 is 0 Å². The molecule has 6 aromatic carbocycles. The van der Waals surface area contributed by atoms with Crippen LogP contribution in [0.2, 0.25) is 0 Å². The zero-order valence-electron chi connectivity index (χ0n) is 25.4. The van der Waals surface area contributed by atoms with Crippen molar-refractivity contribution in [3.05, 3.63) is 204 Å². The van der Waals surface area contributed by atoms with Gasteiger partial charge in [0.2, 0.25) is 0 Å². The lowest BCUT2D eigenvalue weighted by Gasteiger charge is -2.34. The van der Waals surface area contributed by atoms with Crippen molar-refractivity contribution in [2.75, 3.05) is 5.32 Å². The van der Waals surface area contributed by atoms with Gasteiger partial charge < -0.3 is 5.32 Å². The van der Waals surface area contributed by atoms with Gasteiger partial charge in [0.15, 0.2) is 0 Å². The molecule has 7 aromatic rings. The molecule has 0 saturated carbocycles. The molecule has 8 rings (SSSR count). The Morgan fingerprint density at radius 2 is 1.02 bits per heavy atom. The minimum Gasteiger partial charge on any atom is -0.355 e. The summed E-state index contributed by atoms with van der Waals surface area (Å²) in [4.78, 5) is 5.07. The van der Waals surface area contributed by atoms with Crippen molar-refractivity contribution < 1.29 is 0 Å². The van der Waals surface area contributed by atoms with E-state index in [0.717, 1.165) is 39.5 Å². The zero-order valence-corrected chi connectivity index (χ0v) is 25.4. The Balaban J connectivity index is 1.34.